The van der Waals surface area contributed by atoms with Crippen molar-refractivity contribution in [3.63, 3.8) is 0 Å². The Morgan fingerprint density at radius 3 is 2.67 bits per heavy atom. The maximum atomic E-state index is 12.0. The summed E-state index contributed by atoms with van der Waals surface area (Å²) in [6.07, 6.45) is 1.41. The van der Waals surface area contributed by atoms with Crippen molar-refractivity contribution in [1.82, 2.24) is 4.98 Å². The second-order valence-corrected chi connectivity index (χ2v) is 5.30. The Bertz CT molecular complexity index is 604. The molecule has 2 heterocycles. The highest BCUT2D eigenvalue weighted by Gasteiger charge is 2.37. The Kier molecular flexibility index (Phi) is 4.56. The molecule has 2 rings (SSSR count). The van der Waals surface area contributed by atoms with Gasteiger partial charge in [-0.3, -0.25) is 14.5 Å². The lowest BCUT2D eigenvalue weighted by atomic mass is 10.1. The number of ether oxygens (including phenoxy) is 2. The van der Waals surface area contributed by atoms with E-state index in [0.29, 0.717) is 10.3 Å². The van der Waals surface area contributed by atoms with Crippen molar-refractivity contribution in [1.29, 1.82) is 0 Å². The number of carbonyl (C=O) groups excluding carboxylic acids is 3. The maximum absolute atomic E-state index is 12.0. The zero-order chi connectivity index (χ0) is 15.6. The molecule has 1 aliphatic heterocycles. The second-order valence-electron chi connectivity index (χ2n) is 4.45. The predicted molar refractivity (Wildman–Crippen MR) is 75.8 cm³/mol. The number of anilines is 1. The number of rotatable bonds is 3. The minimum Gasteiger partial charge on any atom is -0.469 e. The number of halogens is 1. The average Bonchev–Trinajstić information content (AvgIpc) is 2.87. The van der Waals surface area contributed by atoms with E-state index in [-0.39, 0.29) is 24.4 Å². The van der Waals surface area contributed by atoms with Crippen LogP contribution >= 0.6 is 15.9 Å². The highest BCUT2D eigenvalue weighted by Crippen LogP contribution is 2.30. The molecule has 1 atom stereocenters. The van der Waals surface area contributed by atoms with Crippen LogP contribution in [0.1, 0.15) is 16.8 Å². The predicted octanol–water partition coefficient (Wildman–Crippen LogP) is 1.16. The molecule has 0 aliphatic carbocycles. The zero-order valence-electron chi connectivity index (χ0n) is 11.5. The number of nitrogens with zero attached hydrogens (tertiary/aromatic N) is 2. The fourth-order valence-electron chi connectivity index (χ4n) is 2.10. The van der Waals surface area contributed by atoms with Crippen LogP contribution in [0, 0.1) is 5.92 Å². The van der Waals surface area contributed by atoms with E-state index in [1.807, 2.05) is 0 Å². The monoisotopic (exact) mass is 356 g/mol. The Morgan fingerprint density at radius 1 is 1.38 bits per heavy atom. The number of hydrogen-bond acceptors (Lipinski definition) is 6. The van der Waals surface area contributed by atoms with Gasteiger partial charge in [-0.1, -0.05) is 0 Å². The first-order valence-corrected chi connectivity index (χ1v) is 6.89. The lowest BCUT2D eigenvalue weighted by molar-refractivity contribution is -0.145. The number of methoxy groups -OCH3 is 2. The van der Waals surface area contributed by atoms with Gasteiger partial charge in [0.25, 0.3) is 0 Å². The van der Waals surface area contributed by atoms with Crippen molar-refractivity contribution in [2.75, 3.05) is 25.7 Å². The van der Waals surface area contributed by atoms with Gasteiger partial charge in [-0.15, -0.1) is 0 Å². The Morgan fingerprint density at radius 2 is 2.10 bits per heavy atom. The summed E-state index contributed by atoms with van der Waals surface area (Å²) < 4.78 is 9.73. The molecule has 0 aromatic carbocycles. The van der Waals surface area contributed by atoms with E-state index < -0.39 is 17.9 Å². The summed E-state index contributed by atoms with van der Waals surface area (Å²) in [5.41, 5.74) is 0.268. The topological polar surface area (TPSA) is 85.8 Å². The molecule has 0 spiro atoms. The summed E-state index contributed by atoms with van der Waals surface area (Å²) in [4.78, 5) is 40.4. The lowest BCUT2D eigenvalue weighted by Gasteiger charge is -2.17. The van der Waals surface area contributed by atoms with Crippen LogP contribution in [0.2, 0.25) is 0 Å². The normalized spacial score (nSPS) is 17.8. The van der Waals surface area contributed by atoms with Gasteiger partial charge in [0, 0.05) is 19.2 Å². The van der Waals surface area contributed by atoms with Crippen molar-refractivity contribution >= 4 is 39.6 Å². The summed E-state index contributed by atoms with van der Waals surface area (Å²) in [7, 11) is 2.56. The molecule has 8 heteroatoms. The molecule has 0 saturated carbocycles. The van der Waals surface area contributed by atoms with Gasteiger partial charge in [-0.05, 0) is 22.0 Å². The third-order valence-electron chi connectivity index (χ3n) is 3.16. The molecule has 1 aromatic rings. The third-order valence-corrected chi connectivity index (χ3v) is 3.74. The second kappa shape index (κ2) is 6.21. The lowest BCUT2D eigenvalue weighted by Crippen LogP contribution is -2.27. The molecule has 1 saturated heterocycles. The average molecular weight is 357 g/mol. The minimum atomic E-state index is -0.519. The van der Waals surface area contributed by atoms with Crippen molar-refractivity contribution in [2.45, 2.75) is 6.42 Å². The molecular formula is C13H13BrN2O5. The molecule has 1 fully saturated rings. The Balaban J connectivity index is 2.25. The van der Waals surface area contributed by atoms with Gasteiger partial charge in [0.1, 0.15) is 5.82 Å². The van der Waals surface area contributed by atoms with Gasteiger partial charge < -0.3 is 9.47 Å². The number of esters is 2. The molecular weight excluding hydrogens is 344 g/mol. The quantitative estimate of drug-likeness (QED) is 0.755. The Labute approximate surface area is 129 Å². The first-order chi connectivity index (χ1) is 9.97. The summed E-state index contributed by atoms with van der Waals surface area (Å²) in [6, 6.07) is 1.52. The summed E-state index contributed by atoms with van der Waals surface area (Å²) in [5, 5.41) is 0. The molecule has 0 N–H and O–H groups in total. The highest BCUT2D eigenvalue weighted by atomic mass is 79.9. The molecule has 21 heavy (non-hydrogen) atoms. The Hall–Kier alpha value is -1.96. The van der Waals surface area contributed by atoms with Crippen LogP contribution in [-0.2, 0) is 19.1 Å². The molecule has 1 amide bonds. The minimum absolute atomic E-state index is 0.0829. The molecule has 0 radical (unpaired) electrons. The fraction of sp³-hybridized carbons (Fsp3) is 0.385. The zero-order valence-corrected chi connectivity index (χ0v) is 13.0. The smallest absolute Gasteiger partial charge is 0.339 e. The first-order valence-electron chi connectivity index (χ1n) is 6.10. The molecule has 7 nitrogen and oxygen atoms in total. The number of carbonyl (C=O) groups is 3. The molecule has 1 aliphatic rings. The van der Waals surface area contributed by atoms with E-state index in [1.54, 1.807) is 0 Å². The summed E-state index contributed by atoms with van der Waals surface area (Å²) >= 11 is 3.28. The number of aromatic nitrogens is 1. The van der Waals surface area contributed by atoms with Crippen LogP contribution in [0.3, 0.4) is 0 Å². The van der Waals surface area contributed by atoms with Crippen LogP contribution in [0.25, 0.3) is 0 Å². The van der Waals surface area contributed by atoms with Gasteiger partial charge in [-0.2, -0.15) is 0 Å². The standard InChI is InChI=1S/C13H13BrN2O5/c1-20-12(18)7-3-9(14)11(15-5-7)16-6-8(4-10(16)17)13(19)21-2/h3,5,8H,4,6H2,1-2H3. The van der Waals surface area contributed by atoms with E-state index in [0.717, 1.165) is 0 Å². The van der Waals surface area contributed by atoms with E-state index in [4.69, 9.17) is 0 Å². The number of hydrogen-bond donors (Lipinski definition) is 0. The van der Waals surface area contributed by atoms with Crippen LogP contribution < -0.4 is 4.90 Å². The van der Waals surface area contributed by atoms with Crippen LogP contribution in [0.15, 0.2) is 16.7 Å². The van der Waals surface area contributed by atoms with Crippen molar-refractivity contribution < 1.29 is 23.9 Å². The SMILES string of the molecule is COC(=O)c1cnc(N2CC(C(=O)OC)CC2=O)c(Br)c1. The fourth-order valence-corrected chi connectivity index (χ4v) is 2.66. The maximum Gasteiger partial charge on any atom is 0.339 e. The van der Waals surface area contributed by atoms with Crippen LogP contribution in [0.4, 0.5) is 5.82 Å². The highest BCUT2D eigenvalue weighted by molar-refractivity contribution is 9.10. The van der Waals surface area contributed by atoms with E-state index in [1.165, 1.54) is 31.4 Å². The summed E-state index contributed by atoms with van der Waals surface area (Å²) in [5.74, 6) is -1.30. The van der Waals surface area contributed by atoms with Crippen molar-refractivity contribution in [3.05, 3.63) is 22.3 Å². The molecule has 112 valence electrons. The molecule has 1 unspecified atom stereocenters. The van der Waals surface area contributed by atoms with Crippen LogP contribution in [0.5, 0.6) is 0 Å². The number of pyridine rings is 1. The van der Waals surface area contributed by atoms with Gasteiger partial charge in [0.15, 0.2) is 0 Å². The van der Waals surface area contributed by atoms with Gasteiger partial charge in [0.2, 0.25) is 5.91 Å². The van der Waals surface area contributed by atoms with E-state index in [2.05, 4.69) is 30.4 Å². The molecule has 0 bridgehead atoms. The van der Waals surface area contributed by atoms with Crippen LogP contribution in [-0.4, -0.2) is 43.6 Å². The number of amides is 1. The van der Waals surface area contributed by atoms with Crippen molar-refractivity contribution in [3.8, 4) is 0 Å². The van der Waals surface area contributed by atoms with E-state index >= 15 is 0 Å². The van der Waals surface area contributed by atoms with Gasteiger partial charge >= 0.3 is 11.9 Å². The van der Waals surface area contributed by atoms with Gasteiger partial charge in [0.05, 0.1) is 30.2 Å². The largest absolute Gasteiger partial charge is 0.469 e. The summed E-state index contributed by atoms with van der Waals surface area (Å²) in [6.45, 7) is 0.203. The van der Waals surface area contributed by atoms with Gasteiger partial charge in [-0.25, -0.2) is 9.78 Å². The van der Waals surface area contributed by atoms with Crippen molar-refractivity contribution in [2.24, 2.45) is 5.92 Å². The third kappa shape index (κ3) is 3.05. The molecule has 1 aromatic heterocycles. The van der Waals surface area contributed by atoms with E-state index in [9.17, 15) is 14.4 Å². The first kappa shape index (κ1) is 15.4.